The van der Waals surface area contributed by atoms with Crippen LogP contribution in [0.2, 0.25) is 0 Å². The smallest absolute Gasteiger partial charge is 0.304 e. The van der Waals surface area contributed by atoms with Gasteiger partial charge in [-0.05, 0) is 12.1 Å². The number of nitrogens with one attached hydrogen (secondary N) is 1. The van der Waals surface area contributed by atoms with Crippen LogP contribution in [0.15, 0.2) is 42.5 Å². The summed E-state index contributed by atoms with van der Waals surface area (Å²) in [6.07, 6.45) is 0. The Morgan fingerprint density at radius 3 is 2.70 bits per heavy atom. The van der Waals surface area contributed by atoms with Crippen molar-refractivity contribution in [2.45, 2.75) is 6.54 Å². The lowest BCUT2D eigenvalue weighted by atomic mass is 10.2. The number of benzene rings is 2. The zero-order chi connectivity index (χ0) is 14.5. The van der Waals surface area contributed by atoms with Crippen LogP contribution >= 0.6 is 0 Å². The average molecular weight is 276 g/mol. The number of ether oxygens (including phenoxy) is 1. The number of hydrogen-bond acceptors (Lipinski definition) is 4. The molecule has 104 valence electrons. The molecule has 0 atom stereocenters. The van der Waals surface area contributed by atoms with Crippen LogP contribution in [0.25, 0.3) is 0 Å². The summed E-state index contributed by atoms with van der Waals surface area (Å²) in [5, 5.41) is 13.5. The molecule has 0 bridgehead atoms. The molecule has 0 saturated heterocycles. The minimum atomic E-state index is -0.861. The van der Waals surface area contributed by atoms with E-state index in [1.807, 2.05) is 24.3 Å². The fourth-order valence-corrected chi connectivity index (χ4v) is 1.81. The summed E-state index contributed by atoms with van der Waals surface area (Å²) in [6, 6.07) is 11.1. The Morgan fingerprint density at radius 2 is 2.05 bits per heavy atom. The van der Waals surface area contributed by atoms with Gasteiger partial charge in [-0.3, -0.25) is 10.1 Å². The molecule has 0 unspecified atom stereocenters. The van der Waals surface area contributed by atoms with Gasteiger partial charge in [0.2, 0.25) is 5.82 Å². The molecule has 0 aliphatic rings. The predicted octanol–water partition coefficient (Wildman–Crippen LogP) is 3.35. The Balaban J connectivity index is 2.11. The highest BCUT2D eigenvalue weighted by Gasteiger charge is 2.13. The second-order valence-electron chi connectivity index (χ2n) is 4.09. The van der Waals surface area contributed by atoms with Crippen molar-refractivity contribution < 1.29 is 14.1 Å². The van der Waals surface area contributed by atoms with Crippen LogP contribution in [0.3, 0.4) is 0 Å². The van der Waals surface area contributed by atoms with Gasteiger partial charge >= 0.3 is 5.69 Å². The Morgan fingerprint density at radius 1 is 1.30 bits per heavy atom. The lowest BCUT2D eigenvalue weighted by Gasteiger charge is -2.10. The van der Waals surface area contributed by atoms with Gasteiger partial charge in [0, 0.05) is 29.9 Å². The summed E-state index contributed by atoms with van der Waals surface area (Å²) in [5.74, 6) is -0.137. The van der Waals surface area contributed by atoms with Crippen LogP contribution in [-0.2, 0) is 6.54 Å². The zero-order valence-corrected chi connectivity index (χ0v) is 10.8. The van der Waals surface area contributed by atoms with Gasteiger partial charge < -0.3 is 10.1 Å². The average Bonchev–Trinajstić information content (AvgIpc) is 2.45. The number of nitro groups is 1. The van der Waals surface area contributed by atoms with Crippen LogP contribution in [0.4, 0.5) is 15.8 Å². The lowest BCUT2D eigenvalue weighted by Crippen LogP contribution is -2.02. The molecule has 6 heteroatoms. The Kier molecular flexibility index (Phi) is 4.14. The van der Waals surface area contributed by atoms with E-state index in [4.69, 9.17) is 4.74 Å². The van der Waals surface area contributed by atoms with Gasteiger partial charge in [0.15, 0.2) is 0 Å². The van der Waals surface area contributed by atoms with E-state index in [9.17, 15) is 14.5 Å². The minimum absolute atomic E-state index is 0.432. The van der Waals surface area contributed by atoms with Crippen LogP contribution < -0.4 is 10.1 Å². The van der Waals surface area contributed by atoms with E-state index >= 15 is 0 Å². The summed E-state index contributed by atoms with van der Waals surface area (Å²) in [5.41, 5.74) is 0.848. The first-order valence-corrected chi connectivity index (χ1v) is 5.91. The maximum Gasteiger partial charge on any atom is 0.304 e. The molecule has 0 aliphatic heterocycles. The molecule has 20 heavy (non-hydrogen) atoms. The molecule has 0 fully saturated rings. The van der Waals surface area contributed by atoms with E-state index in [-0.39, 0.29) is 0 Å². The molecule has 0 radical (unpaired) electrons. The third kappa shape index (κ3) is 3.03. The summed E-state index contributed by atoms with van der Waals surface area (Å²) in [6.45, 7) is 0.432. The molecule has 0 amide bonds. The second kappa shape index (κ2) is 6.01. The van der Waals surface area contributed by atoms with Gasteiger partial charge in [0.05, 0.1) is 12.0 Å². The van der Waals surface area contributed by atoms with E-state index in [0.29, 0.717) is 12.2 Å². The molecule has 1 N–H and O–H groups in total. The van der Waals surface area contributed by atoms with Gasteiger partial charge in [0.25, 0.3) is 0 Å². The molecule has 2 rings (SSSR count). The molecule has 2 aromatic rings. The molecular weight excluding hydrogens is 263 g/mol. The van der Waals surface area contributed by atoms with Crippen molar-refractivity contribution in [1.29, 1.82) is 0 Å². The number of hydrogen-bond donors (Lipinski definition) is 1. The Labute approximate surface area is 115 Å². The van der Waals surface area contributed by atoms with Gasteiger partial charge in [-0.1, -0.05) is 18.2 Å². The number of nitro benzene ring substituents is 1. The highest BCUT2D eigenvalue weighted by atomic mass is 19.1. The Hall–Kier alpha value is -2.63. The molecular formula is C14H13FN2O3. The van der Waals surface area contributed by atoms with Crippen LogP contribution in [0, 0.1) is 15.9 Å². The first-order valence-electron chi connectivity index (χ1n) is 5.91. The van der Waals surface area contributed by atoms with Crippen molar-refractivity contribution in [2.75, 3.05) is 12.4 Å². The normalized spacial score (nSPS) is 10.1. The van der Waals surface area contributed by atoms with Crippen molar-refractivity contribution in [2.24, 2.45) is 0 Å². The highest BCUT2D eigenvalue weighted by molar-refractivity contribution is 5.50. The molecule has 0 aromatic heterocycles. The number of halogens is 1. The minimum Gasteiger partial charge on any atom is -0.496 e. The Bertz CT molecular complexity index is 632. The zero-order valence-electron chi connectivity index (χ0n) is 10.8. The van der Waals surface area contributed by atoms with E-state index < -0.39 is 16.4 Å². The van der Waals surface area contributed by atoms with Crippen molar-refractivity contribution >= 4 is 11.4 Å². The van der Waals surface area contributed by atoms with Crippen LogP contribution in [-0.4, -0.2) is 12.0 Å². The van der Waals surface area contributed by atoms with E-state index in [0.717, 1.165) is 23.4 Å². The standard InChI is InChI=1S/C14H13FN2O3/c1-20-14-5-3-2-4-10(14)9-16-11-6-7-13(17(18)19)12(15)8-11/h2-8,16H,9H2,1H3. The summed E-state index contributed by atoms with van der Waals surface area (Å²) < 4.78 is 18.7. The summed E-state index contributed by atoms with van der Waals surface area (Å²) in [4.78, 5) is 9.77. The van der Waals surface area contributed by atoms with Gasteiger partial charge in [-0.15, -0.1) is 0 Å². The van der Waals surface area contributed by atoms with E-state index in [2.05, 4.69) is 5.32 Å². The van der Waals surface area contributed by atoms with Crippen molar-refractivity contribution in [3.8, 4) is 5.75 Å². The number of nitrogens with zero attached hydrogens (tertiary/aromatic N) is 1. The maximum atomic E-state index is 13.5. The SMILES string of the molecule is COc1ccccc1CNc1ccc([N+](=O)[O-])c(F)c1. The monoisotopic (exact) mass is 276 g/mol. The van der Waals surface area contributed by atoms with Crippen LogP contribution in [0.1, 0.15) is 5.56 Å². The van der Waals surface area contributed by atoms with Crippen LogP contribution in [0.5, 0.6) is 5.75 Å². The first-order chi connectivity index (χ1) is 9.61. The van der Waals surface area contributed by atoms with Crippen molar-refractivity contribution in [3.05, 3.63) is 64.0 Å². The number of rotatable bonds is 5. The molecule has 0 saturated carbocycles. The molecule has 5 nitrogen and oxygen atoms in total. The molecule has 0 aliphatic carbocycles. The molecule has 0 spiro atoms. The predicted molar refractivity (Wildman–Crippen MR) is 73.4 cm³/mol. The number of anilines is 1. The van der Waals surface area contributed by atoms with Crippen molar-refractivity contribution in [3.63, 3.8) is 0 Å². The van der Waals surface area contributed by atoms with E-state index in [1.54, 1.807) is 7.11 Å². The van der Waals surface area contributed by atoms with Gasteiger partial charge in [-0.25, -0.2) is 0 Å². The van der Waals surface area contributed by atoms with E-state index in [1.165, 1.54) is 6.07 Å². The maximum absolute atomic E-state index is 13.5. The third-order valence-corrected chi connectivity index (χ3v) is 2.82. The fraction of sp³-hybridized carbons (Fsp3) is 0.143. The summed E-state index contributed by atoms with van der Waals surface area (Å²) in [7, 11) is 1.57. The largest absolute Gasteiger partial charge is 0.496 e. The fourth-order valence-electron chi connectivity index (χ4n) is 1.81. The van der Waals surface area contributed by atoms with Gasteiger partial charge in [-0.2, -0.15) is 4.39 Å². The van der Waals surface area contributed by atoms with Gasteiger partial charge in [0.1, 0.15) is 5.75 Å². The quantitative estimate of drug-likeness (QED) is 0.671. The third-order valence-electron chi connectivity index (χ3n) is 2.82. The van der Waals surface area contributed by atoms with Crippen molar-refractivity contribution in [1.82, 2.24) is 0 Å². The summed E-state index contributed by atoms with van der Waals surface area (Å²) >= 11 is 0. The number of para-hydroxylation sites is 1. The second-order valence-corrected chi connectivity index (χ2v) is 4.09. The lowest BCUT2D eigenvalue weighted by molar-refractivity contribution is -0.387. The molecule has 2 aromatic carbocycles. The highest BCUT2D eigenvalue weighted by Crippen LogP contribution is 2.23. The number of methoxy groups -OCH3 is 1. The first kappa shape index (κ1) is 13.8. The molecule has 0 heterocycles. The topological polar surface area (TPSA) is 64.4 Å².